The van der Waals surface area contributed by atoms with E-state index < -0.39 is 0 Å². The quantitative estimate of drug-likeness (QED) is 0.733. The van der Waals surface area contributed by atoms with Gasteiger partial charge >= 0.3 is 0 Å². The fourth-order valence-corrected chi connectivity index (χ4v) is 1.72. The average molecular weight is 226 g/mol. The molecule has 1 aromatic rings. The first-order valence-corrected chi connectivity index (χ1v) is 6.10. The van der Waals surface area contributed by atoms with Crippen LogP contribution in [0.1, 0.15) is 38.2 Å². The molecule has 0 radical (unpaired) electrons. The van der Waals surface area contributed by atoms with Crippen LogP contribution in [0.15, 0.2) is 24.3 Å². The summed E-state index contributed by atoms with van der Waals surface area (Å²) in [7, 11) is 0. The van der Waals surface area contributed by atoms with Gasteiger partial charge < -0.3 is 5.73 Å². The van der Waals surface area contributed by atoms with E-state index in [1.165, 1.54) is 18.4 Å². The molecule has 0 saturated heterocycles. The van der Waals surface area contributed by atoms with Crippen molar-refractivity contribution >= 4 is 11.6 Å². The van der Waals surface area contributed by atoms with Gasteiger partial charge in [0.15, 0.2) is 0 Å². The predicted molar refractivity (Wildman–Crippen MR) is 67.3 cm³/mol. The van der Waals surface area contributed by atoms with E-state index in [9.17, 15) is 0 Å². The number of unbranched alkanes of at least 4 members (excludes halogenated alkanes) is 1. The van der Waals surface area contributed by atoms with E-state index in [1.807, 2.05) is 12.1 Å². The first-order chi connectivity index (χ1) is 7.22. The number of aryl methyl sites for hydroxylation is 1. The zero-order valence-electron chi connectivity index (χ0n) is 9.38. The fraction of sp³-hybridized carbons (Fsp3) is 0.538. The summed E-state index contributed by atoms with van der Waals surface area (Å²) in [6.45, 7) is 2.14. The molecule has 0 fully saturated rings. The molecular weight excluding hydrogens is 206 g/mol. The lowest BCUT2D eigenvalue weighted by molar-refractivity contribution is 0.551. The maximum atomic E-state index is 5.85. The first-order valence-electron chi connectivity index (χ1n) is 5.72. The highest BCUT2D eigenvalue weighted by molar-refractivity contribution is 6.30. The highest BCUT2D eigenvalue weighted by Gasteiger charge is 1.99. The van der Waals surface area contributed by atoms with E-state index in [4.69, 9.17) is 17.3 Å². The molecule has 0 aromatic heterocycles. The lowest BCUT2D eigenvalue weighted by Crippen LogP contribution is -2.17. The highest BCUT2D eigenvalue weighted by Crippen LogP contribution is 2.12. The Hall–Kier alpha value is -0.530. The second-order valence-corrected chi connectivity index (χ2v) is 4.48. The van der Waals surface area contributed by atoms with Gasteiger partial charge in [-0.2, -0.15) is 0 Å². The summed E-state index contributed by atoms with van der Waals surface area (Å²) < 4.78 is 0. The van der Waals surface area contributed by atoms with Gasteiger partial charge in [0, 0.05) is 11.1 Å². The third-order valence-electron chi connectivity index (χ3n) is 2.73. The van der Waals surface area contributed by atoms with Gasteiger partial charge in [-0.25, -0.2) is 0 Å². The predicted octanol–water partition coefficient (Wildman–Crippen LogP) is 3.79. The van der Waals surface area contributed by atoms with Crippen molar-refractivity contribution in [3.8, 4) is 0 Å². The van der Waals surface area contributed by atoms with Crippen LogP contribution in [0.5, 0.6) is 0 Å². The Kier molecular flexibility index (Phi) is 5.74. The molecule has 15 heavy (non-hydrogen) atoms. The normalized spacial score (nSPS) is 12.7. The average Bonchev–Trinajstić information content (AvgIpc) is 2.26. The van der Waals surface area contributed by atoms with Crippen molar-refractivity contribution in [1.82, 2.24) is 0 Å². The van der Waals surface area contributed by atoms with E-state index in [-0.39, 0.29) is 0 Å². The van der Waals surface area contributed by atoms with Gasteiger partial charge in [-0.3, -0.25) is 0 Å². The van der Waals surface area contributed by atoms with E-state index in [2.05, 4.69) is 19.1 Å². The smallest absolute Gasteiger partial charge is 0.0406 e. The van der Waals surface area contributed by atoms with Gasteiger partial charge in [0.05, 0.1) is 0 Å². The number of benzene rings is 1. The maximum Gasteiger partial charge on any atom is 0.0406 e. The molecule has 1 rings (SSSR count). The Bertz CT molecular complexity index is 268. The summed E-state index contributed by atoms with van der Waals surface area (Å²) in [5.74, 6) is 0. The highest BCUT2D eigenvalue weighted by atomic mass is 35.5. The number of hydrogen-bond donors (Lipinski definition) is 1. The molecule has 0 spiro atoms. The summed E-state index contributed by atoms with van der Waals surface area (Å²) in [5.41, 5.74) is 7.22. The standard InChI is InChI=1S/C13H20ClN/c1-2-13(15)6-4-3-5-11-7-9-12(14)10-8-11/h7-10,13H,2-6,15H2,1H3. The summed E-state index contributed by atoms with van der Waals surface area (Å²) >= 11 is 5.82. The second-order valence-electron chi connectivity index (χ2n) is 4.04. The van der Waals surface area contributed by atoms with Crippen molar-refractivity contribution in [3.63, 3.8) is 0 Å². The van der Waals surface area contributed by atoms with Crippen LogP contribution in [-0.4, -0.2) is 6.04 Å². The number of hydrogen-bond acceptors (Lipinski definition) is 1. The Morgan fingerprint density at radius 2 is 1.87 bits per heavy atom. The minimum absolute atomic E-state index is 0.384. The third-order valence-corrected chi connectivity index (χ3v) is 2.98. The number of halogens is 1. The summed E-state index contributed by atoms with van der Waals surface area (Å²) in [5, 5.41) is 0.812. The zero-order valence-corrected chi connectivity index (χ0v) is 10.1. The largest absolute Gasteiger partial charge is 0.328 e. The molecule has 0 aliphatic heterocycles. The van der Waals surface area contributed by atoms with Crippen LogP contribution in [0.4, 0.5) is 0 Å². The van der Waals surface area contributed by atoms with Crippen LogP contribution in [0.25, 0.3) is 0 Å². The summed E-state index contributed by atoms with van der Waals surface area (Å²) in [6, 6.07) is 8.49. The van der Waals surface area contributed by atoms with Crippen LogP contribution in [0, 0.1) is 0 Å². The van der Waals surface area contributed by atoms with E-state index in [0.29, 0.717) is 6.04 Å². The molecule has 1 unspecified atom stereocenters. The minimum Gasteiger partial charge on any atom is -0.328 e. The molecule has 0 saturated carbocycles. The molecule has 1 atom stereocenters. The molecule has 0 aliphatic carbocycles. The SMILES string of the molecule is CCC(N)CCCCc1ccc(Cl)cc1. The molecule has 0 amide bonds. The summed E-state index contributed by atoms with van der Waals surface area (Å²) in [6.07, 6.45) is 5.80. The number of rotatable bonds is 6. The second kappa shape index (κ2) is 6.86. The van der Waals surface area contributed by atoms with Crippen molar-refractivity contribution in [2.45, 2.75) is 45.1 Å². The van der Waals surface area contributed by atoms with Crippen LogP contribution < -0.4 is 5.73 Å². The molecular formula is C13H20ClN. The van der Waals surface area contributed by atoms with Crippen molar-refractivity contribution in [1.29, 1.82) is 0 Å². The van der Waals surface area contributed by atoms with Gasteiger partial charge in [0.1, 0.15) is 0 Å². The van der Waals surface area contributed by atoms with Gasteiger partial charge in [-0.05, 0) is 43.4 Å². The van der Waals surface area contributed by atoms with Crippen LogP contribution in [0.2, 0.25) is 5.02 Å². The summed E-state index contributed by atoms with van der Waals surface area (Å²) in [4.78, 5) is 0. The molecule has 2 heteroatoms. The Balaban J connectivity index is 2.17. The number of nitrogens with two attached hydrogens (primary N) is 1. The van der Waals surface area contributed by atoms with E-state index in [0.717, 1.165) is 24.3 Å². The lowest BCUT2D eigenvalue weighted by Gasteiger charge is -2.07. The van der Waals surface area contributed by atoms with Gasteiger partial charge in [0.2, 0.25) is 0 Å². The Labute approximate surface area is 97.6 Å². The zero-order chi connectivity index (χ0) is 11.1. The monoisotopic (exact) mass is 225 g/mol. The fourth-order valence-electron chi connectivity index (χ4n) is 1.59. The molecule has 1 nitrogen and oxygen atoms in total. The molecule has 0 aliphatic rings. The molecule has 0 bridgehead atoms. The van der Waals surface area contributed by atoms with E-state index >= 15 is 0 Å². The molecule has 84 valence electrons. The Morgan fingerprint density at radius 1 is 1.20 bits per heavy atom. The molecule has 1 aromatic carbocycles. The Morgan fingerprint density at radius 3 is 2.47 bits per heavy atom. The molecule has 0 heterocycles. The van der Waals surface area contributed by atoms with Crippen molar-refractivity contribution in [2.24, 2.45) is 5.73 Å². The van der Waals surface area contributed by atoms with Gasteiger partial charge in [-0.15, -0.1) is 0 Å². The minimum atomic E-state index is 0.384. The molecule has 2 N–H and O–H groups in total. The first kappa shape index (κ1) is 12.5. The van der Waals surface area contributed by atoms with Crippen LogP contribution >= 0.6 is 11.6 Å². The van der Waals surface area contributed by atoms with Crippen molar-refractivity contribution in [2.75, 3.05) is 0 Å². The van der Waals surface area contributed by atoms with Crippen molar-refractivity contribution in [3.05, 3.63) is 34.9 Å². The van der Waals surface area contributed by atoms with Crippen LogP contribution in [-0.2, 0) is 6.42 Å². The lowest BCUT2D eigenvalue weighted by atomic mass is 10.0. The van der Waals surface area contributed by atoms with Crippen molar-refractivity contribution < 1.29 is 0 Å². The maximum absolute atomic E-state index is 5.85. The van der Waals surface area contributed by atoms with Gasteiger partial charge in [-0.1, -0.05) is 37.1 Å². The third kappa shape index (κ3) is 5.19. The van der Waals surface area contributed by atoms with Crippen LogP contribution in [0.3, 0.4) is 0 Å². The van der Waals surface area contributed by atoms with E-state index in [1.54, 1.807) is 0 Å². The van der Waals surface area contributed by atoms with Gasteiger partial charge in [0.25, 0.3) is 0 Å². The topological polar surface area (TPSA) is 26.0 Å².